The fourth-order valence-electron chi connectivity index (χ4n) is 5.48. The number of aromatic nitrogens is 3. The second-order valence-electron chi connectivity index (χ2n) is 9.89. The molecule has 12 heteroatoms. The minimum Gasteiger partial charge on any atom is -0.493 e. The highest BCUT2D eigenvalue weighted by Gasteiger charge is 2.29. The van der Waals surface area contributed by atoms with Gasteiger partial charge in [0.2, 0.25) is 10.0 Å². The summed E-state index contributed by atoms with van der Waals surface area (Å²) in [6, 6.07) is 9.05. The fraction of sp³-hybridized carbons (Fsp3) is 0.310. The first-order chi connectivity index (χ1) is 19.6. The molecule has 1 saturated heterocycles. The maximum atomic E-state index is 13.6. The first-order valence-corrected chi connectivity index (χ1v) is 14.6. The Morgan fingerprint density at radius 1 is 1.10 bits per heavy atom. The molecule has 216 valence electrons. The lowest BCUT2D eigenvalue weighted by molar-refractivity contribution is 0.284. The summed E-state index contributed by atoms with van der Waals surface area (Å²) in [6.07, 6.45) is 3.47. The van der Waals surface area contributed by atoms with Crippen LogP contribution in [0.2, 0.25) is 0 Å². The van der Waals surface area contributed by atoms with Gasteiger partial charge < -0.3 is 19.8 Å². The minimum absolute atomic E-state index is 0.00817. The molecule has 0 amide bonds. The van der Waals surface area contributed by atoms with Crippen LogP contribution in [-0.2, 0) is 16.6 Å². The zero-order valence-corrected chi connectivity index (χ0v) is 23.6. The van der Waals surface area contributed by atoms with Crippen LogP contribution in [0.5, 0.6) is 11.5 Å². The highest BCUT2D eigenvalue weighted by molar-refractivity contribution is 7.92. The molecule has 2 N–H and O–H groups in total. The molecule has 9 nitrogen and oxygen atoms in total. The first kappa shape index (κ1) is 28.5. The van der Waals surface area contributed by atoms with Crippen molar-refractivity contribution < 1.29 is 26.7 Å². The van der Waals surface area contributed by atoms with Gasteiger partial charge in [0.15, 0.2) is 23.1 Å². The molecule has 0 saturated carbocycles. The molecule has 2 aromatic heterocycles. The Bertz CT molecular complexity index is 1720. The number of hydrogen-bond donors (Lipinski definition) is 1. The van der Waals surface area contributed by atoms with Gasteiger partial charge in [-0.05, 0) is 61.6 Å². The normalized spacial score (nSPS) is 16.4. The van der Waals surface area contributed by atoms with E-state index in [1.54, 1.807) is 6.07 Å². The summed E-state index contributed by atoms with van der Waals surface area (Å²) >= 11 is 0. The molecular formula is C29H31F2N5O4S. The second-order valence-corrected chi connectivity index (χ2v) is 11.8. The van der Waals surface area contributed by atoms with Gasteiger partial charge in [0.05, 0.1) is 12.5 Å². The van der Waals surface area contributed by atoms with Gasteiger partial charge in [0.1, 0.15) is 24.4 Å². The summed E-state index contributed by atoms with van der Waals surface area (Å²) in [5.41, 5.74) is 10.1. The number of hydrogen-bond acceptors (Lipinski definition) is 7. The first-order valence-electron chi connectivity index (χ1n) is 13.1. The second kappa shape index (κ2) is 11.5. The zero-order chi connectivity index (χ0) is 29.3. The molecule has 0 radical (unpaired) electrons. The van der Waals surface area contributed by atoms with E-state index in [1.807, 2.05) is 19.1 Å². The Morgan fingerprint density at radius 3 is 2.63 bits per heavy atom. The van der Waals surface area contributed by atoms with E-state index in [4.69, 9.17) is 15.2 Å². The van der Waals surface area contributed by atoms with Crippen molar-refractivity contribution in [2.75, 3.05) is 25.9 Å². The molecule has 1 unspecified atom stereocenters. The van der Waals surface area contributed by atoms with Gasteiger partial charge in [0, 0.05) is 35.8 Å². The van der Waals surface area contributed by atoms with Gasteiger partial charge >= 0.3 is 0 Å². The van der Waals surface area contributed by atoms with Crippen LogP contribution in [0, 0.1) is 18.6 Å². The number of ether oxygens (including phenoxy) is 2. The topological polar surface area (TPSA) is 113 Å². The maximum absolute atomic E-state index is 13.6. The summed E-state index contributed by atoms with van der Waals surface area (Å²) < 4.78 is 66.8. The summed E-state index contributed by atoms with van der Waals surface area (Å²) in [4.78, 5) is 8.83. The Balaban J connectivity index is 1.51. The number of nitrogens with zero attached hydrogens (tertiary/aromatic N) is 4. The Labute approximate surface area is 237 Å². The smallest absolute Gasteiger partial charge is 0.235 e. The monoisotopic (exact) mass is 583 g/mol. The molecule has 2 aromatic carbocycles. The van der Waals surface area contributed by atoms with E-state index in [-0.39, 0.29) is 12.6 Å². The fourth-order valence-corrected chi connectivity index (χ4v) is 6.43. The zero-order valence-electron chi connectivity index (χ0n) is 22.8. The number of fused-ring (bicyclic) bond motifs is 1. The maximum Gasteiger partial charge on any atom is 0.235 e. The molecule has 0 spiro atoms. The Morgan fingerprint density at radius 2 is 1.90 bits per heavy atom. The average molecular weight is 584 g/mol. The van der Waals surface area contributed by atoms with Crippen molar-refractivity contribution in [2.45, 2.75) is 38.8 Å². The highest BCUT2D eigenvalue weighted by atomic mass is 32.2. The number of rotatable bonds is 8. The summed E-state index contributed by atoms with van der Waals surface area (Å²) in [6.45, 7) is 6.26. The standard InChI is InChI=1S/C29H31F2N5O4S/c1-4-41(37,38)35-12-5-6-21(11-13-35)36-18(2)26(27-28(32)33-17-34-29(27)36)20-8-10-24(25(15-20)39-3)40-16-19-7-9-22(30)23(31)14-19/h4,7-10,14-15,17,21H,1,5-6,11-13,16H2,2-3H3,(H2,32,33,34). The van der Waals surface area contributed by atoms with Crippen molar-refractivity contribution in [2.24, 2.45) is 0 Å². The van der Waals surface area contributed by atoms with Crippen molar-refractivity contribution in [3.63, 3.8) is 0 Å². The Kier molecular flexibility index (Phi) is 7.96. The van der Waals surface area contributed by atoms with E-state index in [2.05, 4.69) is 21.1 Å². The van der Waals surface area contributed by atoms with Crippen LogP contribution in [-0.4, -0.2) is 47.5 Å². The molecule has 1 aliphatic rings. The molecule has 5 rings (SSSR count). The molecule has 3 heterocycles. The van der Waals surface area contributed by atoms with E-state index < -0.39 is 21.7 Å². The predicted molar refractivity (Wildman–Crippen MR) is 153 cm³/mol. The number of sulfonamides is 1. The number of anilines is 1. The van der Waals surface area contributed by atoms with Crippen molar-refractivity contribution in [1.82, 2.24) is 18.8 Å². The van der Waals surface area contributed by atoms with Gasteiger partial charge in [-0.25, -0.2) is 27.2 Å². The van der Waals surface area contributed by atoms with Crippen LogP contribution in [0.3, 0.4) is 0 Å². The van der Waals surface area contributed by atoms with Crippen LogP contribution in [0.25, 0.3) is 22.2 Å². The van der Waals surface area contributed by atoms with Crippen molar-refractivity contribution in [1.29, 1.82) is 0 Å². The third-order valence-electron chi connectivity index (χ3n) is 7.48. The number of nitrogens with two attached hydrogens (primary N) is 1. The SMILES string of the molecule is C=CS(=O)(=O)N1CCCC(n2c(C)c(-c3ccc(OCc4ccc(F)c(F)c4)c(OC)c3)c3c(N)ncnc32)CC1. The van der Waals surface area contributed by atoms with E-state index in [9.17, 15) is 17.2 Å². The van der Waals surface area contributed by atoms with Gasteiger partial charge in [0.25, 0.3) is 0 Å². The predicted octanol–water partition coefficient (Wildman–Crippen LogP) is 5.36. The van der Waals surface area contributed by atoms with E-state index in [0.717, 1.165) is 40.8 Å². The van der Waals surface area contributed by atoms with E-state index >= 15 is 0 Å². The molecule has 0 bridgehead atoms. The number of benzene rings is 2. The summed E-state index contributed by atoms with van der Waals surface area (Å²) in [7, 11) is -1.98. The molecular weight excluding hydrogens is 552 g/mol. The van der Waals surface area contributed by atoms with Crippen molar-refractivity contribution in [3.8, 4) is 22.6 Å². The number of nitrogen functional groups attached to an aromatic ring is 1. The highest BCUT2D eigenvalue weighted by Crippen LogP contribution is 2.42. The largest absolute Gasteiger partial charge is 0.493 e. The van der Waals surface area contributed by atoms with E-state index in [1.165, 1.54) is 23.8 Å². The molecule has 1 fully saturated rings. The third kappa shape index (κ3) is 5.49. The van der Waals surface area contributed by atoms with Crippen LogP contribution in [0.1, 0.15) is 36.6 Å². The quantitative estimate of drug-likeness (QED) is 0.297. The number of methoxy groups -OCH3 is 1. The van der Waals surface area contributed by atoms with Gasteiger partial charge in [-0.15, -0.1) is 0 Å². The third-order valence-corrected chi connectivity index (χ3v) is 8.99. The van der Waals surface area contributed by atoms with Crippen molar-refractivity contribution in [3.05, 3.63) is 77.6 Å². The van der Waals surface area contributed by atoms with Crippen LogP contribution >= 0.6 is 0 Å². The molecule has 0 aliphatic carbocycles. The lowest BCUT2D eigenvalue weighted by Gasteiger charge is -2.21. The molecule has 4 aromatic rings. The lowest BCUT2D eigenvalue weighted by atomic mass is 10.0. The minimum atomic E-state index is -3.50. The van der Waals surface area contributed by atoms with Gasteiger partial charge in [-0.3, -0.25) is 0 Å². The van der Waals surface area contributed by atoms with Crippen LogP contribution < -0.4 is 15.2 Å². The average Bonchev–Trinajstić information content (AvgIpc) is 3.09. The van der Waals surface area contributed by atoms with Crippen LogP contribution in [0.15, 0.2) is 54.7 Å². The van der Waals surface area contributed by atoms with Crippen molar-refractivity contribution >= 4 is 26.9 Å². The lowest BCUT2D eigenvalue weighted by Crippen LogP contribution is -2.30. The molecule has 1 atom stereocenters. The molecule has 41 heavy (non-hydrogen) atoms. The van der Waals surface area contributed by atoms with E-state index in [0.29, 0.717) is 59.8 Å². The summed E-state index contributed by atoms with van der Waals surface area (Å²) in [5.74, 6) is -0.659. The number of halogens is 2. The van der Waals surface area contributed by atoms with Gasteiger partial charge in [-0.2, -0.15) is 4.31 Å². The Hall–Kier alpha value is -4.03. The van der Waals surface area contributed by atoms with Crippen LogP contribution in [0.4, 0.5) is 14.6 Å². The van der Waals surface area contributed by atoms with Gasteiger partial charge in [-0.1, -0.05) is 18.7 Å². The molecule has 1 aliphatic heterocycles. The summed E-state index contributed by atoms with van der Waals surface area (Å²) in [5, 5.41) is 1.69.